The predicted molar refractivity (Wildman–Crippen MR) is 71.0 cm³/mol. The molecule has 0 aliphatic heterocycles. The Labute approximate surface area is 103 Å². The number of carbonyl (C=O) groups excluding carboxylic acids is 1. The molecule has 0 aliphatic carbocycles. The molecule has 82 valence electrons. The molecule has 15 heavy (non-hydrogen) atoms. The summed E-state index contributed by atoms with van der Waals surface area (Å²) in [4.78, 5) is 11.3. The van der Waals surface area contributed by atoms with E-state index in [-0.39, 0.29) is 5.91 Å². The molecule has 1 amide bonds. The minimum atomic E-state index is 0.0516. The first-order valence-corrected chi connectivity index (χ1v) is 7.21. The Bertz CT molecular complexity index is 313. The summed E-state index contributed by atoms with van der Waals surface area (Å²) in [6, 6.07) is 7.96. The molecule has 1 rings (SSSR count). The number of rotatable bonds is 5. The minimum Gasteiger partial charge on any atom is -0.325 e. The van der Waals surface area contributed by atoms with Gasteiger partial charge in [0.25, 0.3) is 0 Å². The number of anilines is 1. The molecule has 0 atom stereocenters. The van der Waals surface area contributed by atoms with Gasteiger partial charge < -0.3 is 5.32 Å². The smallest absolute Gasteiger partial charge is 0.234 e. The number of carbonyl (C=O) groups is 1. The molecule has 0 unspecified atom stereocenters. The van der Waals surface area contributed by atoms with E-state index in [0.717, 1.165) is 17.4 Å². The highest BCUT2D eigenvalue weighted by atomic mass is 79.9. The van der Waals surface area contributed by atoms with Crippen molar-refractivity contribution in [2.45, 2.75) is 6.42 Å². The maximum Gasteiger partial charge on any atom is 0.234 e. The maximum absolute atomic E-state index is 11.3. The van der Waals surface area contributed by atoms with Crippen LogP contribution in [-0.2, 0) is 11.2 Å². The number of amides is 1. The average Bonchev–Trinajstić information content (AvgIpc) is 2.22. The summed E-state index contributed by atoms with van der Waals surface area (Å²) < 4.78 is 0. The zero-order valence-electron chi connectivity index (χ0n) is 8.63. The molecule has 2 nitrogen and oxygen atoms in total. The maximum atomic E-state index is 11.3. The van der Waals surface area contributed by atoms with Gasteiger partial charge in [-0.1, -0.05) is 28.1 Å². The average molecular weight is 288 g/mol. The van der Waals surface area contributed by atoms with E-state index in [0.29, 0.717) is 5.75 Å². The van der Waals surface area contributed by atoms with E-state index >= 15 is 0 Å². The Kier molecular flexibility index (Phi) is 5.79. The topological polar surface area (TPSA) is 29.1 Å². The van der Waals surface area contributed by atoms with E-state index in [1.54, 1.807) is 0 Å². The highest BCUT2D eigenvalue weighted by Crippen LogP contribution is 2.11. The van der Waals surface area contributed by atoms with Crippen LogP contribution in [0.5, 0.6) is 0 Å². The summed E-state index contributed by atoms with van der Waals surface area (Å²) in [5.41, 5.74) is 2.14. The monoisotopic (exact) mass is 287 g/mol. The fraction of sp³-hybridized carbons (Fsp3) is 0.364. The van der Waals surface area contributed by atoms with Gasteiger partial charge in [-0.3, -0.25) is 4.79 Å². The van der Waals surface area contributed by atoms with E-state index < -0.39 is 0 Å². The number of halogens is 1. The third-order valence-corrected chi connectivity index (χ3v) is 2.84. The molecule has 0 heterocycles. The summed E-state index contributed by atoms with van der Waals surface area (Å²) in [5.74, 6) is 0.555. The van der Waals surface area contributed by atoms with Gasteiger partial charge in [-0.05, 0) is 30.4 Å². The van der Waals surface area contributed by atoms with Crippen molar-refractivity contribution in [2.75, 3.05) is 22.7 Å². The van der Waals surface area contributed by atoms with Crippen molar-refractivity contribution in [2.24, 2.45) is 0 Å². The lowest BCUT2D eigenvalue weighted by Crippen LogP contribution is -2.13. The fourth-order valence-corrected chi connectivity index (χ4v) is 1.98. The number of alkyl halides is 1. The zero-order valence-corrected chi connectivity index (χ0v) is 11.0. The van der Waals surface area contributed by atoms with Crippen LogP contribution in [0.25, 0.3) is 0 Å². The van der Waals surface area contributed by atoms with Crippen LogP contribution in [0.4, 0.5) is 5.69 Å². The van der Waals surface area contributed by atoms with Crippen LogP contribution in [0.15, 0.2) is 24.3 Å². The SMILES string of the molecule is CSCC(=O)Nc1ccc(CCBr)cc1. The number of hydrogen-bond acceptors (Lipinski definition) is 2. The van der Waals surface area contributed by atoms with Gasteiger partial charge in [0.05, 0.1) is 5.75 Å². The molecular weight excluding hydrogens is 274 g/mol. The Morgan fingerprint density at radius 2 is 2.07 bits per heavy atom. The lowest BCUT2D eigenvalue weighted by Gasteiger charge is -2.04. The highest BCUT2D eigenvalue weighted by molar-refractivity contribution is 9.09. The number of thioether (sulfide) groups is 1. The number of hydrogen-bond donors (Lipinski definition) is 1. The quantitative estimate of drug-likeness (QED) is 0.844. The van der Waals surface area contributed by atoms with Crippen LogP contribution in [0.2, 0.25) is 0 Å². The van der Waals surface area contributed by atoms with E-state index in [1.807, 2.05) is 30.5 Å². The van der Waals surface area contributed by atoms with Crippen molar-refractivity contribution in [3.8, 4) is 0 Å². The zero-order chi connectivity index (χ0) is 11.1. The first kappa shape index (κ1) is 12.6. The lowest BCUT2D eigenvalue weighted by molar-refractivity contribution is -0.113. The van der Waals surface area contributed by atoms with Crippen LogP contribution in [0, 0.1) is 0 Å². The van der Waals surface area contributed by atoms with E-state index in [1.165, 1.54) is 17.3 Å². The van der Waals surface area contributed by atoms with Gasteiger partial charge in [-0.15, -0.1) is 0 Å². The minimum absolute atomic E-state index is 0.0516. The molecule has 1 aromatic rings. The number of aryl methyl sites for hydroxylation is 1. The van der Waals surface area contributed by atoms with E-state index in [9.17, 15) is 4.79 Å². The second-order valence-corrected chi connectivity index (χ2v) is 4.78. The van der Waals surface area contributed by atoms with Crippen LogP contribution >= 0.6 is 27.7 Å². The molecule has 4 heteroatoms. The van der Waals surface area contributed by atoms with Crippen LogP contribution in [0.3, 0.4) is 0 Å². The van der Waals surface area contributed by atoms with Crippen LogP contribution < -0.4 is 5.32 Å². The van der Waals surface area contributed by atoms with Gasteiger partial charge in [0.1, 0.15) is 0 Å². The Hall–Kier alpha value is -0.480. The normalized spacial score (nSPS) is 10.0. The predicted octanol–water partition coefficient (Wildman–Crippen LogP) is 2.93. The largest absolute Gasteiger partial charge is 0.325 e. The van der Waals surface area contributed by atoms with Crippen LogP contribution in [-0.4, -0.2) is 23.2 Å². The van der Waals surface area contributed by atoms with Crippen molar-refractivity contribution in [3.05, 3.63) is 29.8 Å². The van der Waals surface area contributed by atoms with Gasteiger partial charge in [-0.25, -0.2) is 0 Å². The molecule has 0 saturated carbocycles. The van der Waals surface area contributed by atoms with Gasteiger partial charge in [0, 0.05) is 11.0 Å². The molecule has 1 N–H and O–H groups in total. The van der Waals surface area contributed by atoms with Crippen molar-refractivity contribution < 1.29 is 4.79 Å². The third-order valence-electron chi connectivity index (χ3n) is 1.90. The molecule has 0 radical (unpaired) electrons. The third kappa shape index (κ3) is 4.71. The number of nitrogens with one attached hydrogen (secondary N) is 1. The molecular formula is C11H14BrNOS. The van der Waals surface area contributed by atoms with Crippen molar-refractivity contribution in [3.63, 3.8) is 0 Å². The summed E-state index contributed by atoms with van der Waals surface area (Å²) >= 11 is 4.91. The van der Waals surface area contributed by atoms with Crippen LogP contribution in [0.1, 0.15) is 5.56 Å². The second-order valence-electron chi connectivity index (χ2n) is 3.12. The van der Waals surface area contributed by atoms with Gasteiger partial charge in [0.2, 0.25) is 5.91 Å². The van der Waals surface area contributed by atoms with Crippen molar-refractivity contribution in [1.82, 2.24) is 0 Å². The number of benzene rings is 1. The Morgan fingerprint density at radius 3 is 2.60 bits per heavy atom. The highest BCUT2D eigenvalue weighted by Gasteiger charge is 2.00. The molecule has 0 saturated heterocycles. The lowest BCUT2D eigenvalue weighted by atomic mass is 10.1. The molecule has 0 bridgehead atoms. The van der Waals surface area contributed by atoms with Gasteiger partial charge in [0.15, 0.2) is 0 Å². The van der Waals surface area contributed by atoms with Gasteiger partial charge >= 0.3 is 0 Å². The molecule has 0 aliphatic rings. The first-order valence-electron chi connectivity index (χ1n) is 4.70. The summed E-state index contributed by atoms with van der Waals surface area (Å²) in [6.45, 7) is 0. The standard InChI is InChI=1S/C11H14BrNOS/c1-15-8-11(14)13-10-4-2-9(3-5-10)6-7-12/h2-5H,6-8H2,1H3,(H,13,14). The summed E-state index contributed by atoms with van der Waals surface area (Å²) in [5, 5.41) is 3.80. The Morgan fingerprint density at radius 1 is 1.40 bits per heavy atom. The van der Waals surface area contributed by atoms with Crippen molar-refractivity contribution >= 4 is 39.3 Å². The van der Waals surface area contributed by atoms with E-state index in [2.05, 4.69) is 21.2 Å². The summed E-state index contributed by atoms with van der Waals surface area (Å²) in [7, 11) is 0. The van der Waals surface area contributed by atoms with Crippen molar-refractivity contribution in [1.29, 1.82) is 0 Å². The molecule has 0 fully saturated rings. The molecule has 0 spiro atoms. The van der Waals surface area contributed by atoms with Gasteiger partial charge in [-0.2, -0.15) is 11.8 Å². The fourth-order valence-electron chi connectivity index (χ4n) is 1.19. The molecule has 0 aromatic heterocycles. The second kappa shape index (κ2) is 6.90. The Balaban J connectivity index is 2.52. The van der Waals surface area contributed by atoms with E-state index in [4.69, 9.17) is 0 Å². The molecule has 1 aromatic carbocycles. The first-order chi connectivity index (χ1) is 7.26. The summed E-state index contributed by atoms with van der Waals surface area (Å²) in [6.07, 6.45) is 2.93.